The zero-order chi connectivity index (χ0) is 26.0. The van der Waals surface area contributed by atoms with E-state index in [2.05, 4.69) is 22.3 Å². The zero-order valence-corrected chi connectivity index (χ0v) is 20.4. The number of piperazine rings is 1. The Morgan fingerprint density at radius 2 is 1.61 bits per heavy atom. The van der Waals surface area contributed by atoms with Crippen molar-refractivity contribution in [1.82, 2.24) is 10.2 Å². The van der Waals surface area contributed by atoms with Gasteiger partial charge in [0.15, 0.2) is 0 Å². The van der Waals surface area contributed by atoms with E-state index in [0.29, 0.717) is 17.7 Å². The van der Waals surface area contributed by atoms with E-state index in [1.165, 1.54) is 12.5 Å². The van der Waals surface area contributed by atoms with Gasteiger partial charge in [0.05, 0.1) is 5.60 Å². The van der Waals surface area contributed by atoms with Crippen LogP contribution in [0.3, 0.4) is 0 Å². The van der Waals surface area contributed by atoms with Crippen LogP contribution in [-0.4, -0.2) is 70.5 Å². The Kier molecular flexibility index (Phi) is 10.2. The first-order valence-electron chi connectivity index (χ1n) is 12.4. The van der Waals surface area contributed by atoms with E-state index in [9.17, 15) is 19.1 Å². The maximum Gasteiger partial charge on any atom is 0.328 e. The van der Waals surface area contributed by atoms with Crippen LogP contribution in [0.2, 0.25) is 0 Å². The van der Waals surface area contributed by atoms with Gasteiger partial charge in [0.1, 0.15) is 5.82 Å². The molecule has 1 saturated carbocycles. The number of nitrogens with zero attached hydrogens (tertiary/aromatic N) is 1. The summed E-state index contributed by atoms with van der Waals surface area (Å²) in [6.45, 7) is 4.89. The number of carbonyl (C=O) groups is 2. The van der Waals surface area contributed by atoms with Gasteiger partial charge in [0, 0.05) is 56.4 Å². The minimum Gasteiger partial charge on any atom is -0.478 e. The standard InChI is InChI=1S/C24H31FN2O.C4H4O4/c25-23-10-3-2-9-21(23)19-7-6-8-20(17-19)22(18-27-15-13-26-14-16-27)24(28)11-4-1-5-12-24;5-3(6)1-2-4(7)8/h2-3,6-10,17,22,26,28H,1,4-5,11-16,18H2;1-2H,(H,5,6)(H,7,8)/b;2-1-. The van der Waals surface area contributed by atoms with Crippen LogP contribution in [0.15, 0.2) is 60.7 Å². The predicted octanol–water partition coefficient (Wildman–Crippen LogP) is 3.89. The van der Waals surface area contributed by atoms with Crippen molar-refractivity contribution < 1.29 is 29.3 Å². The summed E-state index contributed by atoms with van der Waals surface area (Å²) in [6.07, 6.45) is 6.20. The number of hydrogen-bond acceptors (Lipinski definition) is 5. The maximum absolute atomic E-state index is 14.3. The van der Waals surface area contributed by atoms with E-state index in [1.54, 1.807) is 6.07 Å². The predicted molar refractivity (Wildman–Crippen MR) is 136 cm³/mol. The number of halogens is 1. The van der Waals surface area contributed by atoms with Crippen LogP contribution in [0.5, 0.6) is 0 Å². The number of nitrogens with one attached hydrogen (secondary N) is 1. The average Bonchev–Trinajstić information content (AvgIpc) is 2.88. The van der Waals surface area contributed by atoms with Crippen LogP contribution >= 0.6 is 0 Å². The third-order valence-electron chi connectivity index (χ3n) is 6.86. The first-order chi connectivity index (χ1) is 17.3. The molecule has 2 aliphatic rings. The van der Waals surface area contributed by atoms with Crippen LogP contribution in [0.25, 0.3) is 11.1 Å². The second-order valence-corrected chi connectivity index (χ2v) is 9.38. The highest BCUT2D eigenvalue weighted by molar-refractivity contribution is 5.89. The SMILES string of the molecule is O=C(O)/C=C\C(=O)O.OC1(C(CN2CCNCC2)c2cccc(-c3ccccc3F)c2)CCCCC1. The van der Waals surface area contributed by atoms with Crippen molar-refractivity contribution in [2.75, 3.05) is 32.7 Å². The number of aliphatic carboxylic acids is 2. The summed E-state index contributed by atoms with van der Waals surface area (Å²) in [5.74, 6) is -2.66. The molecule has 1 unspecified atom stereocenters. The molecule has 1 heterocycles. The smallest absolute Gasteiger partial charge is 0.328 e. The molecular weight excluding hydrogens is 463 g/mol. The molecule has 0 amide bonds. The summed E-state index contributed by atoms with van der Waals surface area (Å²) in [5.41, 5.74) is 1.97. The van der Waals surface area contributed by atoms with Crippen molar-refractivity contribution in [2.24, 2.45) is 0 Å². The Morgan fingerprint density at radius 1 is 0.972 bits per heavy atom. The van der Waals surface area contributed by atoms with Gasteiger partial charge in [0.25, 0.3) is 0 Å². The van der Waals surface area contributed by atoms with Gasteiger partial charge in [-0.15, -0.1) is 0 Å². The highest BCUT2D eigenvalue weighted by atomic mass is 19.1. The van der Waals surface area contributed by atoms with Gasteiger partial charge < -0.3 is 25.5 Å². The third kappa shape index (κ3) is 7.98. The normalized spacial score (nSPS) is 18.7. The highest BCUT2D eigenvalue weighted by Gasteiger charge is 2.39. The number of benzene rings is 2. The summed E-state index contributed by atoms with van der Waals surface area (Å²) in [4.78, 5) is 21.6. The lowest BCUT2D eigenvalue weighted by molar-refractivity contribution is -0.134. The van der Waals surface area contributed by atoms with Crippen molar-refractivity contribution in [2.45, 2.75) is 43.6 Å². The quantitative estimate of drug-likeness (QED) is 0.429. The fraction of sp³-hybridized carbons (Fsp3) is 0.429. The van der Waals surface area contributed by atoms with Crippen LogP contribution in [-0.2, 0) is 9.59 Å². The second kappa shape index (κ2) is 13.3. The molecule has 7 nitrogen and oxygen atoms in total. The van der Waals surface area contributed by atoms with Gasteiger partial charge >= 0.3 is 11.9 Å². The van der Waals surface area contributed by atoms with Gasteiger partial charge in [-0.3, -0.25) is 0 Å². The molecule has 1 aliphatic carbocycles. The first-order valence-corrected chi connectivity index (χ1v) is 12.4. The average molecular weight is 499 g/mol. The minimum absolute atomic E-state index is 0.0534. The lowest BCUT2D eigenvalue weighted by atomic mass is 9.72. The van der Waals surface area contributed by atoms with Gasteiger partial charge in [0.2, 0.25) is 0 Å². The molecule has 2 fully saturated rings. The van der Waals surface area contributed by atoms with Gasteiger partial charge in [-0.05, 0) is 30.0 Å². The van der Waals surface area contributed by atoms with Crippen molar-refractivity contribution in [3.8, 4) is 11.1 Å². The molecule has 1 atom stereocenters. The van der Waals surface area contributed by atoms with E-state index in [1.807, 2.05) is 24.3 Å². The van der Waals surface area contributed by atoms with Crippen molar-refractivity contribution in [3.05, 3.63) is 72.1 Å². The van der Waals surface area contributed by atoms with Crippen molar-refractivity contribution in [1.29, 1.82) is 0 Å². The second-order valence-electron chi connectivity index (χ2n) is 9.38. The van der Waals surface area contributed by atoms with Crippen molar-refractivity contribution in [3.63, 3.8) is 0 Å². The van der Waals surface area contributed by atoms with E-state index >= 15 is 0 Å². The number of rotatable bonds is 7. The van der Waals surface area contributed by atoms with E-state index < -0.39 is 17.5 Å². The van der Waals surface area contributed by atoms with Crippen LogP contribution in [0, 0.1) is 5.82 Å². The number of carboxylic acid groups (broad SMARTS) is 2. The lowest BCUT2D eigenvalue weighted by Crippen LogP contribution is -2.49. The van der Waals surface area contributed by atoms with Gasteiger partial charge in [-0.1, -0.05) is 61.7 Å². The van der Waals surface area contributed by atoms with Gasteiger partial charge in [-0.25, -0.2) is 14.0 Å². The Labute approximate surface area is 211 Å². The molecule has 1 aliphatic heterocycles. The molecule has 2 aromatic rings. The summed E-state index contributed by atoms with van der Waals surface area (Å²) in [7, 11) is 0. The molecule has 4 N–H and O–H groups in total. The fourth-order valence-corrected chi connectivity index (χ4v) is 5.01. The maximum atomic E-state index is 14.3. The van der Waals surface area contributed by atoms with Gasteiger partial charge in [-0.2, -0.15) is 0 Å². The molecule has 194 valence electrons. The Morgan fingerprint density at radius 3 is 2.22 bits per heavy atom. The molecule has 1 saturated heterocycles. The van der Waals surface area contributed by atoms with E-state index in [4.69, 9.17) is 10.2 Å². The summed E-state index contributed by atoms with van der Waals surface area (Å²) in [5, 5.41) is 30.6. The molecule has 0 radical (unpaired) electrons. The topological polar surface area (TPSA) is 110 Å². The summed E-state index contributed by atoms with van der Waals surface area (Å²) >= 11 is 0. The Bertz CT molecular complexity index is 1030. The highest BCUT2D eigenvalue weighted by Crippen LogP contribution is 2.41. The lowest BCUT2D eigenvalue weighted by Gasteiger charge is -2.42. The monoisotopic (exact) mass is 498 g/mol. The fourth-order valence-electron chi connectivity index (χ4n) is 5.01. The molecular formula is C28H35FN2O5. The zero-order valence-electron chi connectivity index (χ0n) is 20.4. The molecule has 0 spiro atoms. The Hall–Kier alpha value is -3.07. The number of hydrogen-bond donors (Lipinski definition) is 4. The van der Waals surface area contributed by atoms with Crippen LogP contribution in [0.1, 0.15) is 43.6 Å². The van der Waals surface area contributed by atoms with Crippen molar-refractivity contribution >= 4 is 11.9 Å². The molecule has 0 aromatic heterocycles. The Balaban J connectivity index is 0.000000392. The summed E-state index contributed by atoms with van der Waals surface area (Å²) in [6, 6.07) is 15.1. The van der Waals surface area contributed by atoms with Crippen LogP contribution in [0.4, 0.5) is 4.39 Å². The van der Waals surface area contributed by atoms with E-state index in [0.717, 1.165) is 69.5 Å². The molecule has 2 aromatic carbocycles. The first kappa shape index (κ1) is 27.5. The largest absolute Gasteiger partial charge is 0.478 e. The molecule has 8 heteroatoms. The molecule has 0 bridgehead atoms. The number of carboxylic acids is 2. The number of aliphatic hydroxyl groups is 1. The van der Waals surface area contributed by atoms with Crippen LogP contribution < -0.4 is 5.32 Å². The summed E-state index contributed by atoms with van der Waals surface area (Å²) < 4.78 is 14.3. The minimum atomic E-state index is -1.26. The molecule has 36 heavy (non-hydrogen) atoms. The molecule has 4 rings (SSSR count). The third-order valence-corrected chi connectivity index (χ3v) is 6.86. The van der Waals surface area contributed by atoms with E-state index in [-0.39, 0.29) is 11.7 Å².